The molecule has 0 spiro atoms. The summed E-state index contributed by atoms with van der Waals surface area (Å²) in [4.78, 5) is 2.35. The molecule has 2 aliphatic heterocycles. The Bertz CT molecular complexity index is 614. The van der Waals surface area contributed by atoms with Crippen molar-refractivity contribution in [1.82, 2.24) is 4.90 Å². The van der Waals surface area contributed by atoms with Gasteiger partial charge >= 0.3 is 0 Å². The molecule has 0 unspecified atom stereocenters. The minimum atomic E-state index is 0.995. The second kappa shape index (κ2) is 3.24. The predicted octanol–water partition coefficient (Wildman–Crippen LogP) is 3.28. The highest BCUT2D eigenvalue weighted by molar-refractivity contribution is 5.85. The van der Waals surface area contributed by atoms with Crippen molar-refractivity contribution < 1.29 is 0 Å². The van der Waals surface area contributed by atoms with E-state index in [0.717, 1.165) is 13.0 Å². The molecule has 0 saturated heterocycles. The normalized spacial score (nSPS) is 20.0. The average molecular weight is 219 g/mol. The second-order valence-corrected chi connectivity index (χ2v) is 4.68. The lowest BCUT2D eigenvalue weighted by atomic mass is 9.82. The van der Waals surface area contributed by atoms with Crippen LogP contribution in [0.2, 0.25) is 0 Å². The first-order chi connectivity index (χ1) is 8.43. The third-order valence-electron chi connectivity index (χ3n) is 3.68. The van der Waals surface area contributed by atoms with Crippen molar-refractivity contribution in [3.8, 4) is 0 Å². The first kappa shape index (κ1) is 9.06. The molecule has 3 aliphatic rings. The van der Waals surface area contributed by atoms with Crippen LogP contribution in [0, 0.1) is 0 Å². The Hall–Kier alpha value is -2.02. The SMILES string of the molecule is C1=CN2CC=CC3=C2C(=C1)Cc1ccccc13. The number of fused-ring (bicyclic) bond motifs is 2. The molecule has 0 atom stereocenters. The number of hydrogen-bond acceptors (Lipinski definition) is 1. The quantitative estimate of drug-likeness (QED) is 0.647. The van der Waals surface area contributed by atoms with Gasteiger partial charge in [0.1, 0.15) is 0 Å². The molecule has 17 heavy (non-hydrogen) atoms. The summed E-state index contributed by atoms with van der Waals surface area (Å²) in [6.07, 6.45) is 12.2. The van der Waals surface area contributed by atoms with Gasteiger partial charge in [-0.1, -0.05) is 42.5 Å². The summed E-state index contributed by atoms with van der Waals surface area (Å²) >= 11 is 0. The van der Waals surface area contributed by atoms with Crippen LogP contribution >= 0.6 is 0 Å². The molecule has 0 radical (unpaired) electrons. The number of rotatable bonds is 0. The van der Waals surface area contributed by atoms with Crippen LogP contribution in [0.25, 0.3) is 5.57 Å². The van der Waals surface area contributed by atoms with Gasteiger partial charge in [0.05, 0.1) is 5.70 Å². The molecule has 4 rings (SSSR count). The van der Waals surface area contributed by atoms with E-state index in [0.29, 0.717) is 0 Å². The first-order valence-corrected chi connectivity index (χ1v) is 6.07. The molecule has 82 valence electrons. The van der Waals surface area contributed by atoms with E-state index in [4.69, 9.17) is 0 Å². The van der Waals surface area contributed by atoms with Crippen LogP contribution in [0.1, 0.15) is 11.1 Å². The van der Waals surface area contributed by atoms with Crippen molar-refractivity contribution in [1.29, 1.82) is 0 Å². The molecule has 0 amide bonds. The maximum atomic E-state index is 2.35. The Labute approximate surface area is 101 Å². The second-order valence-electron chi connectivity index (χ2n) is 4.68. The monoisotopic (exact) mass is 219 g/mol. The Morgan fingerprint density at radius 3 is 3.06 bits per heavy atom. The molecule has 1 aliphatic carbocycles. The fraction of sp³-hybridized carbons (Fsp3) is 0.125. The zero-order chi connectivity index (χ0) is 11.2. The van der Waals surface area contributed by atoms with Gasteiger partial charge < -0.3 is 4.90 Å². The van der Waals surface area contributed by atoms with Crippen molar-refractivity contribution in [3.05, 3.63) is 77.2 Å². The first-order valence-electron chi connectivity index (χ1n) is 6.07. The summed E-state index contributed by atoms with van der Waals surface area (Å²) in [6, 6.07) is 8.74. The van der Waals surface area contributed by atoms with Gasteiger partial charge in [0.2, 0.25) is 0 Å². The van der Waals surface area contributed by atoms with Gasteiger partial charge in [0.15, 0.2) is 0 Å². The lowest BCUT2D eigenvalue weighted by Crippen LogP contribution is -2.27. The summed E-state index contributed by atoms with van der Waals surface area (Å²) < 4.78 is 0. The van der Waals surface area contributed by atoms with Gasteiger partial charge in [-0.25, -0.2) is 0 Å². The van der Waals surface area contributed by atoms with Crippen LogP contribution in [0.3, 0.4) is 0 Å². The predicted molar refractivity (Wildman–Crippen MR) is 70.1 cm³/mol. The van der Waals surface area contributed by atoms with Crippen molar-refractivity contribution in [2.75, 3.05) is 6.54 Å². The molecule has 0 aromatic heterocycles. The molecular weight excluding hydrogens is 206 g/mol. The van der Waals surface area contributed by atoms with Gasteiger partial charge in [-0.3, -0.25) is 0 Å². The van der Waals surface area contributed by atoms with Crippen LogP contribution in [-0.4, -0.2) is 11.4 Å². The lowest BCUT2D eigenvalue weighted by molar-refractivity contribution is 0.512. The molecule has 1 aromatic rings. The number of nitrogens with zero attached hydrogens (tertiary/aromatic N) is 1. The van der Waals surface area contributed by atoms with E-state index >= 15 is 0 Å². The minimum Gasteiger partial charge on any atom is -0.343 e. The van der Waals surface area contributed by atoms with Crippen LogP contribution in [0.15, 0.2) is 66.0 Å². The Morgan fingerprint density at radius 1 is 1.12 bits per heavy atom. The number of benzene rings is 1. The molecular formula is C16H13N. The highest BCUT2D eigenvalue weighted by Gasteiger charge is 2.26. The van der Waals surface area contributed by atoms with E-state index in [-0.39, 0.29) is 0 Å². The van der Waals surface area contributed by atoms with Crippen LogP contribution in [-0.2, 0) is 6.42 Å². The zero-order valence-corrected chi connectivity index (χ0v) is 9.56. The van der Waals surface area contributed by atoms with E-state index in [1.807, 2.05) is 0 Å². The summed E-state index contributed by atoms with van der Waals surface area (Å²) in [5.74, 6) is 0. The van der Waals surface area contributed by atoms with Gasteiger partial charge in [0.25, 0.3) is 0 Å². The third-order valence-corrected chi connectivity index (χ3v) is 3.68. The smallest absolute Gasteiger partial charge is 0.0524 e. The van der Waals surface area contributed by atoms with E-state index < -0.39 is 0 Å². The number of hydrogen-bond donors (Lipinski definition) is 0. The third kappa shape index (κ3) is 1.19. The van der Waals surface area contributed by atoms with Crippen molar-refractivity contribution in [2.24, 2.45) is 0 Å². The van der Waals surface area contributed by atoms with E-state index in [9.17, 15) is 0 Å². The molecule has 0 bridgehead atoms. The molecule has 0 fully saturated rings. The van der Waals surface area contributed by atoms with Crippen molar-refractivity contribution in [2.45, 2.75) is 6.42 Å². The maximum Gasteiger partial charge on any atom is 0.0524 e. The molecule has 0 N–H and O–H groups in total. The Balaban J connectivity index is 2.03. The summed E-state index contributed by atoms with van der Waals surface area (Å²) in [6.45, 7) is 0.995. The van der Waals surface area contributed by atoms with Crippen molar-refractivity contribution in [3.63, 3.8) is 0 Å². The highest BCUT2D eigenvalue weighted by Crippen LogP contribution is 2.40. The summed E-state index contributed by atoms with van der Waals surface area (Å²) in [5, 5.41) is 0. The van der Waals surface area contributed by atoms with E-state index in [1.165, 1.54) is 28.0 Å². The van der Waals surface area contributed by atoms with Crippen LogP contribution in [0.4, 0.5) is 0 Å². The van der Waals surface area contributed by atoms with Gasteiger partial charge in [-0.15, -0.1) is 0 Å². The molecule has 0 saturated carbocycles. The highest BCUT2D eigenvalue weighted by atomic mass is 15.1. The van der Waals surface area contributed by atoms with E-state index in [1.54, 1.807) is 0 Å². The molecule has 1 aromatic carbocycles. The topological polar surface area (TPSA) is 3.24 Å². The Morgan fingerprint density at radius 2 is 2.06 bits per heavy atom. The van der Waals surface area contributed by atoms with Gasteiger partial charge in [0, 0.05) is 24.7 Å². The summed E-state index contributed by atoms with van der Waals surface area (Å²) in [7, 11) is 0. The molecule has 1 heteroatoms. The minimum absolute atomic E-state index is 0.995. The maximum absolute atomic E-state index is 2.35. The Kier molecular flexibility index (Phi) is 1.72. The summed E-state index contributed by atoms with van der Waals surface area (Å²) in [5.41, 5.74) is 7.09. The van der Waals surface area contributed by atoms with Gasteiger partial charge in [-0.05, 0) is 22.8 Å². The van der Waals surface area contributed by atoms with Crippen molar-refractivity contribution >= 4 is 5.57 Å². The fourth-order valence-electron chi connectivity index (χ4n) is 2.95. The lowest BCUT2D eigenvalue weighted by Gasteiger charge is -2.35. The standard InChI is InChI=1S/C16H13N/c1-2-7-14-12(5-1)11-13-6-3-9-17-10-4-8-15(14)16(13)17/h1-9H,10-11H2. The fourth-order valence-corrected chi connectivity index (χ4v) is 2.95. The molecule has 1 nitrogen and oxygen atoms in total. The van der Waals surface area contributed by atoms with Crippen LogP contribution in [0.5, 0.6) is 0 Å². The largest absolute Gasteiger partial charge is 0.343 e. The van der Waals surface area contributed by atoms with E-state index in [2.05, 4.69) is 59.7 Å². The number of allylic oxidation sites excluding steroid dienone is 5. The van der Waals surface area contributed by atoms with Crippen LogP contribution < -0.4 is 0 Å². The van der Waals surface area contributed by atoms with Gasteiger partial charge in [-0.2, -0.15) is 0 Å². The molecule has 2 heterocycles. The zero-order valence-electron chi connectivity index (χ0n) is 9.56. The average Bonchev–Trinajstić information content (AvgIpc) is 2.39.